The summed E-state index contributed by atoms with van der Waals surface area (Å²) in [6, 6.07) is 7.91. The average molecular weight is 431 g/mol. The Balaban J connectivity index is 2.04. The molecule has 0 saturated heterocycles. The van der Waals surface area contributed by atoms with Crippen molar-refractivity contribution in [2.75, 3.05) is 19.6 Å². The first kappa shape index (κ1) is 24.5. The van der Waals surface area contributed by atoms with Crippen LogP contribution in [-0.2, 0) is 21.4 Å². The second-order valence-electron chi connectivity index (χ2n) is 8.56. The maximum Gasteiger partial charge on any atom is 0.249 e. The smallest absolute Gasteiger partial charge is 0.249 e. The Morgan fingerprint density at radius 3 is 2.42 bits per heavy atom. The predicted molar refractivity (Wildman–Crippen MR) is 118 cm³/mol. The van der Waals surface area contributed by atoms with Crippen molar-refractivity contribution in [2.45, 2.75) is 57.9 Å². The van der Waals surface area contributed by atoms with Gasteiger partial charge in [0.25, 0.3) is 0 Å². The highest BCUT2D eigenvalue weighted by Gasteiger charge is 2.21. The summed E-state index contributed by atoms with van der Waals surface area (Å²) in [5.41, 5.74) is 13.2. The van der Waals surface area contributed by atoms with Crippen LogP contribution in [0.1, 0.15) is 68.9 Å². The van der Waals surface area contributed by atoms with Gasteiger partial charge in [0.15, 0.2) is 5.82 Å². The van der Waals surface area contributed by atoms with Crippen molar-refractivity contribution in [1.82, 2.24) is 20.8 Å². The van der Waals surface area contributed by atoms with Crippen LogP contribution in [0.5, 0.6) is 0 Å². The zero-order valence-corrected chi connectivity index (χ0v) is 18.6. The van der Waals surface area contributed by atoms with Gasteiger partial charge in [-0.25, -0.2) is 0 Å². The van der Waals surface area contributed by atoms with Crippen molar-refractivity contribution >= 4 is 11.8 Å². The fraction of sp³-hybridized carbons (Fsp3) is 0.545. The van der Waals surface area contributed by atoms with Crippen LogP contribution in [-0.4, -0.2) is 41.6 Å². The van der Waals surface area contributed by atoms with Crippen LogP contribution in [0.2, 0.25) is 0 Å². The molecule has 2 aromatic rings. The SMILES string of the molecule is CC(C)(C)c1ccc(Cc2noc(C(CCCCN)NC(=O)CNC(=O)CN)n2)cc1. The lowest BCUT2D eigenvalue weighted by Gasteiger charge is -2.18. The molecule has 2 rings (SSSR count). The summed E-state index contributed by atoms with van der Waals surface area (Å²) in [6.07, 6.45) is 2.75. The van der Waals surface area contributed by atoms with Crippen LogP contribution in [0.15, 0.2) is 28.8 Å². The Bertz CT molecular complexity index is 842. The molecule has 9 nitrogen and oxygen atoms in total. The molecule has 0 spiro atoms. The van der Waals surface area contributed by atoms with Gasteiger partial charge in [0.2, 0.25) is 17.7 Å². The molecule has 0 aliphatic carbocycles. The van der Waals surface area contributed by atoms with Gasteiger partial charge < -0.3 is 26.6 Å². The third-order valence-electron chi connectivity index (χ3n) is 4.88. The Hall–Kier alpha value is -2.78. The highest BCUT2D eigenvalue weighted by Crippen LogP contribution is 2.23. The van der Waals surface area contributed by atoms with Crippen molar-refractivity contribution in [3.8, 4) is 0 Å². The molecule has 0 saturated carbocycles. The second-order valence-corrected chi connectivity index (χ2v) is 8.56. The summed E-state index contributed by atoms with van der Waals surface area (Å²) in [5, 5.41) is 9.37. The number of benzene rings is 1. The summed E-state index contributed by atoms with van der Waals surface area (Å²) in [6.45, 7) is 6.75. The van der Waals surface area contributed by atoms with Gasteiger partial charge >= 0.3 is 0 Å². The number of aromatic nitrogens is 2. The number of carbonyl (C=O) groups excluding carboxylic acids is 2. The van der Waals surface area contributed by atoms with E-state index in [-0.39, 0.29) is 24.4 Å². The first-order valence-corrected chi connectivity index (χ1v) is 10.6. The van der Waals surface area contributed by atoms with Gasteiger partial charge in [0.1, 0.15) is 6.04 Å². The third kappa shape index (κ3) is 8.10. The monoisotopic (exact) mass is 430 g/mol. The van der Waals surface area contributed by atoms with Gasteiger partial charge in [-0.15, -0.1) is 0 Å². The van der Waals surface area contributed by atoms with E-state index in [9.17, 15) is 9.59 Å². The summed E-state index contributed by atoms with van der Waals surface area (Å²) in [4.78, 5) is 28.0. The van der Waals surface area contributed by atoms with E-state index in [1.807, 2.05) is 0 Å². The molecule has 1 aromatic heterocycles. The molecular weight excluding hydrogens is 396 g/mol. The molecule has 6 N–H and O–H groups in total. The van der Waals surface area contributed by atoms with Gasteiger partial charge in [-0.2, -0.15) is 4.98 Å². The molecule has 170 valence electrons. The lowest BCUT2D eigenvalue weighted by molar-refractivity contribution is -0.125. The van der Waals surface area contributed by atoms with Crippen LogP contribution in [0, 0.1) is 0 Å². The Labute approximate surface area is 183 Å². The van der Waals surface area contributed by atoms with E-state index in [4.69, 9.17) is 16.0 Å². The first-order chi connectivity index (χ1) is 14.7. The summed E-state index contributed by atoms with van der Waals surface area (Å²) < 4.78 is 5.44. The highest BCUT2D eigenvalue weighted by molar-refractivity contribution is 5.85. The van der Waals surface area contributed by atoms with Gasteiger partial charge in [-0.1, -0.05) is 50.2 Å². The molecule has 9 heteroatoms. The summed E-state index contributed by atoms with van der Waals surface area (Å²) >= 11 is 0. The minimum Gasteiger partial charge on any atom is -0.346 e. The minimum absolute atomic E-state index is 0.0937. The molecule has 0 aliphatic rings. The molecule has 1 aromatic carbocycles. The molecule has 1 atom stereocenters. The predicted octanol–water partition coefficient (Wildman–Crippen LogP) is 1.32. The Morgan fingerprint density at radius 1 is 1.10 bits per heavy atom. The van der Waals surface area contributed by atoms with Crippen molar-refractivity contribution < 1.29 is 14.1 Å². The van der Waals surface area contributed by atoms with Crippen LogP contribution < -0.4 is 22.1 Å². The van der Waals surface area contributed by atoms with Crippen LogP contribution in [0.4, 0.5) is 0 Å². The maximum atomic E-state index is 12.2. The van der Waals surface area contributed by atoms with Crippen molar-refractivity contribution in [3.63, 3.8) is 0 Å². The normalized spacial score (nSPS) is 12.4. The summed E-state index contributed by atoms with van der Waals surface area (Å²) in [5.74, 6) is 0.148. The van der Waals surface area contributed by atoms with Crippen LogP contribution >= 0.6 is 0 Å². The maximum absolute atomic E-state index is 12.2. The van der Waals surface area contributed by atoms with Gasteiger partial charge in [-0.3, -0.25) is 9.59 Å². The average Bonchev–Trinajstić information content (AvgIpc) is 3.19. The molecule has 0 aliphatic heterocycles. The Kier molecular flexibility index (Phi) is 9.14. The van der Waals surface area contributed by atoms with E-state index in [1.54, 1.807) is 0 Å². The van der Waals surface area contributed by atoms with Gasteiger partial charge in [-0.05, 0) is 42.3 Å². The lowest BCUT2D eigenvalue weighted by Crippen LogP contribution is -2.40. The largest absolute Gasteiger partial charge is 0.346 e. The number of nitrogens with one attached hydrogen (secondary N) is 2. The number of nitrogens with two attached hydrogens (primary N) is 2. The first-order valence-electron chi connectivity index (χ1n) is 10.6. The lowest BCUT2D eigenvalue weighted by atomic mass is 9.86. The molecular formula is C22H34N6O3. The highest BCUT2D eigenvalue weighted by atomic mass is 16.5. The van der Waals surface area contributed by atoms with Crippen molar-refractivity contribution in [2.24, 2.45) is 11.5 Å². The summed E-state index contributed by atoms with van der Waals surface area (Å²) in [7, 11) is 0. The molecule has 31 heavy (non-hydrogen) atoms. The molecule has 0 bridgehead atoms. The number of nitrogens with zero attached hydrogens (tertiary/aromatic N) is 2. The zero-order chi connectivity index (χ0) is 22.9. The van der Waals surface area contributed by atoms with Gasteiger partial charge in [0.05, 0.1) is 13.1 Å². The second kappa shape index (κ2) is 11.6. The fourth-order valence-electron chi connectivity index (χ4n) is 3.03. The van der Waals surface area contributed by atoms with E-state index in [2.05, 4.69) is 65.8 Å². The third-order valence-corrected chi connectivity index (χ3v) is 4.88. The Morgan fingerprint density at radius 2 is 1.81 bits per heavy atom. The van der Waals surface area contributed by atoms with Crippen molar-refractivity contribution in [1.29, 1.82) is 0 Å². The van der Waals surface area contributed by atoms with Crippen molar-refractivity contribution in [3.05, 3.63) is 47.1 Å². The number of hydrogen-bond acceptors (Lipinski definition) is 7. The quantitative estimate of drug-likeness (QED) is 0.393. The number of hydrogen-bond donors (Lipinski definition) is 4. The number of rotatable bonds is 11. The van der Waals surface area contributed by atoms with E-state index in [0.717, 1.165) is 18.4 Å². The zero-order valence-electron chi connectivity index (χ0n) is 18.6. The van der Waals surface area contributed by atoms with Crippen LogP contribution in [0.3, 0.4) is 0 Å². The van der Waals surface area contributed by atoms with E-state index < -0.39 is 11.9 Å². The molecule has 1 unspecified atom stereocenters. The molecule has 0 fully saturated rings. The topological polar surface area (TPSA) is 149 Å². The fourth-order valence-corrected chi connectivity index (χ4v) is 3.03. The number of unbranched alkanes of at least 4 members (excludes halogenated alkanes) is 1. The van der Waals surface area contributed by atoms with E-state index in [0.29, 0.717) is 31.1 Å². The minimum atomic E-state index is -0.446. The van der Waals surface area contributed by atoms with E-state index in [1.165, 1.54) is 5.56 Å². The standard InChI is InChI=1S/C22H34N6O3/c1-22(2,3)16-9-7-15(8-10-16)12-18-27-21(31-28-18)17(6-4-5-11-23)26-20(30)14-25-19(29)13-24/h7-10,17H,4-6,11-14,23-24H2,1-3H3,(H,25,29)(H,26,30). The molecule has 1 heterocycles. The van der Waals surface area contributed by atoms with Crippen LogP contribution in [0.25, 0.3) is 0 Å². The van der Waals surface area contributed by atoms with Gasteiger partial charge in [0, 0.05) is 6.42 Å². The number of amides is 2. The number of carbonyl (C=O) groups is 2. The molecule has 2 amide bonds. The van der Waals surface area contributed by atoms with E-state index >= 15 is 0 Å². The molecule has 0 radical (unpaired) electrons.